The number of anilines is 1. The first-order chi connectivity index (χ1) is 20.7. The number of nitrogens with zero attached hydrogens (tertiary/aromatic N) is 2. The number of benzene rings is 3. The largest absolute Gasteiger partial charge is 0.466 e. The van der Waals surface area contributed by atoms with Crippen molar-refractivity contribution in [3.63, 3.8) is 0 Å². The van der Waals surface area contributed by atoms with E-state index in [4.69, 9.17) is 25.1 Å². The Kier molecular flexibility index (Phi) is 8.70. The molecule has 0 saturated heterocycles. The topological polar surface area (TPSA) is 175 Å². The highest BCUT2D eigenvalue weighted by Gasteiger charge is 2.44. The van der Waals surface area contributed by atoms with Gasteiger partial charge in [-0.05, 0) is 48.0 Å². The van der Waals surface area contributed by atoms with Crippen LogP contribution in [-0.4, -0.2) is 34.6 Å². The molecular weight excluding hydrogens is 605 g/mol. The fourth-order valence-electron chi connectivity index (χ4n) is 4.57. The van der Waals surface area contributed by atoms with E-state index >= 15 is 0 Å². The van der Waals surface area contributed by atoms with Crippen molar-refractivity contribution in [1.82, 2.24) is 0 Å². The molecule has 0 bridgehead atoms. The van der Waals surface area contributed by atoms with E-state index in [1.165, 1.54) is 0 Å². The van der Waals surface area contributed by atoms with Crippen molar-refractivity contribution in [1.29, 1.82) is 5.26 Å². The van der Waals surface area contributed by atoms with Gasteiger partial charge in [0.05, 0.1) is 42.2 Å². The van der Waals surface area contributed by atoms with Crippen LogP contribution in [0.25, 0.3) is 0 Å². The van der Waals surface area contributed by atoms with Gasteiger partial charge >= 0.3 is 18.1 Å². The van der Waals surface area contributed by atoms with Crippen molar-refractivity contribution in [3.8, 4) is 17.6 Å². The Labute approximate surface area is 249 Å². The highest BCUT2D eigenvalue weighted by Crippen LogP contribution is 2.46. The number of carbonyl (C=O) groups is 2. The molecule has 1 aliphatic heterocycles. The molecule has 0 radical (unpaired) electrons. The van der Waals surface area contributed by atoms with Gasteiger partial charge in [0.25, 0.3) is 0 Å². The summed E-state index contributed by atoms with van der Waals surface area (Å²) in [5.41, 5.74) is 3.85. The van der Waals surface area contributed by atoms with Crippen molar-refractivity contribution in [2.75, 3.05) is 19.1 Å². The van der Waals surface area contributed by atoms with Crippen LogP contribution in [-0.2, 0) is 35.3 Å². The average Bonchev–Trinajstić information content (AvgIpc) is 2.99. The molecule has 0 saturated carbocycles. The summed E-state index contributed by atoms with van der Waals surface area (Å²) in [7, 11) is -2.02. The fraction of sp³-hybridized carbons (Fsp3) is 0.138. The summed E-state index contributed by atoms with van der Waals surface area (Å²) in [6, 6.07) is 17.0. The minimum atomic E-state index is -5.02. The summed E-state index contributed by atoms with van der Waals surface area (Å²) in [6.07, 6.45) is -5.02. The van der Waals surface area contributed by atoms with Gasteiger partial charge < -0.3 is 19.9 Å². The van der Waals surface area contributed by atoms with Gasteiger partial charge in [0.2, 0.25) is 10.0 Å². The molecular formula is C29H23F3N4O7S. The molecule has 1 unspecified atom stereocenters. The van der Waals surface area contributed by atoms with Crippen LogP contribution in [0.5, 0.6) is 11.5 Å². The first-order valence-electron chi connectivity index (χ1n) is 12.4. The molecule has 44 heavy (non-hydrogen) atoms. The minimum Gasteiger partial charge on any atom is -0.466 e. The number of nitrogens with two attached hydrogens (primary N) is 2. The number of alkyl halides is 3. The van der Waals surface area contributed by atoms with E-state index in [-0.39, 0.29) is 27.5 Å². The maximum Gasteiger partial charge on any atom is 0.420 e. The number of hydrogen-bond donors (Lipinski definition) is 2. The van der Waals surface area contributed by atoms with Crippen molar-refractivity contribution >= 4 is 27.6 Å². The number of methoxy groups -OCH3 is 2. The Morgan fingerprint density at radius 2 is 1.57 bits per heavy atom. The maximum atomic E-state index is 14.4. The Hall–Kier alpha value is -5.33. The Morgan fingerprint density at radius 3 is 2.09 bits per heavy atom. The molecule has 0 aliphatic carbocycles. The van der Waals surface area contributed by atoms with E-state index in [1.807, 2.05) is 6.07 Å². The van der Waals surface area contributed by atoms with Gasteiger partial charge in [0.1, 0.15) is 28.6 Å². The molecule has 4 N–H and O–H groups in total. The van der Waals surface area contributed by atoms with Crippen LogP contribution >= 0.6 is 0 Å². The highest BCUT2D eigenvalue weighted by molar-refractivity contribution is 7.89. The second-order valence-corrected chi connectivity index (χ2v) is 10.7. The van der Waals surface area contributed by atoms with Gasteiger partial charge in [-0.2, -0.15) is 18.4 Å². The smallest absolute Gasteiger partial charge is 0.420 e. The molecule has 4 rings (SSSR count). The standard InChI is InChI=1S/C29H23F3N4O7S/c1-41-27(37)24-23(16-6-4-3-5-7-16)20(15-33)26(34)36(25(24)28(38)42-2)17-8-13-22(21(14-17)29(30,31)32)43-18-9-11-19(12-10-18)44(35,39)40/h3-14,23H,34H2,1-2H3,(H2,35,39,40). The summed E-state index contributed by atoms with van der Waals surface area (Å²) in [5.74, 6) is -4.69. The molecule has 228 valence electrons. The number of hydrogen-bond acceptors (Lipinski definition) is 10. The van der Waals surface area contributed by atoms with Gasteiger partial charge in [-0.3, -0.25) is 4.90 Å². The summed E-state index contributed by atoms with van der Waals surface area (Å²) < 4.78 is 81.3. The number of nitriles is 1. The van der Waals surface area contributed by atoms with Gasteiger partial charge in [-0.25, -0.2) is 23.1 Å². The van der Waals surface area contributed by atoms with Crippen LogP contribution in [0.2, 0.25) is 0 Å². The first-order valence-corrected chi connectivity index (χ1v) is 13.9. The van der Waals surface area contributed by atoms with Crippen molar-refractivity contribution in [3.05, 3.63) is 107 Å². The zero-order chi connectivity index (χ0) is 32.4. The third-order valence-electron chi connectivity index (χ3n) is 6.52. The van der Waals surface area contributed by atoms with Crippen LogP contribution in [0.3, 0.4) is 0 Å². The van der Waals surface area contributed by atoms with Crippen LogP contribution < -0.4 is 20.5 Å². The van der Waals surface area contributed by atoms with Crippen molar-refractivity contribution in [2.24, 2.45) is 10.9 Å². The SMILES string of the molecule is COC(=O)C1=C(C(=O)OC)N(c2ccc(Oc3ccc(S(N)(=O)=O)cc3)c(C(F)(F)F)c2)C(N)=C(C#N)C1c1ccccc1. The van der Waals surface area contributed by atoms with Crippen molar-refractivity contribution < 1.29 is 45.4 Å². The predicted molar refractivity (Wildman–Crippen MR) is 149 cm³/mol. The molecule has 0 spiro atoms. The van der Waals surface area contributed by atoms with Gasteiger partial charge in [-0.1, -0.05) is 30.3 Å². The molecule has 1 atom stereocenters. The number of primary sulfonamides is 1. The van der Waals surface area contributed by atoms with Crippen LogP contribution in [0.15, 0.2) is 100 Å². The van der Waals surface area contributed by atoms with Gasteiger partial charge in [-0.15, -0.1) is 0 Å². The predicted octanol–water partition coefficient (Wildman–Crippen LogP) is 4.04. The number of halogens is 3. The van der Waals surface area contributed by atoms with E-state index in [0.29, 0.717) is 11.6 Å². The van der Waals surface area contributed by atoms with Crippen molar-refractivity contribution in [2.45, 2.75) is 17.0 Å². The van der Waals surface area contributed by atoms with Gasteiger partial charge in [0, 0.05) is 5.69 Å². The quantitative estimate of drug-likeness (QED) is 0.363. The molecule has 0 fully saturated rings. The second-order valence-electron chi connectivity index (χ2n) is 9.13. The minimum absolute atomic E-state index is 0.145. The summed E-state index contributed by atoms with van der Waals surface area (Å²) in [4.78, 5) is 26.9. The Balaban J connectivity index is 1.94. The van der Waals surface area contributed by atoms with E-state index < -0.39 is 56.9 Å². The second kappa shape index (κ2) is 12.1. The Morgan fingerprint density at radius 1 is 0.955 bits per heavy atom. The van der Waals surface area contributed by atoms with E-state index in [9.17, 15) is 36.4 Å². The lowest BCUT2D eigenvalue weighted by Gasteiger charge is -2.36. The van der Waals surface area contributed by atoms with Crippen LogP contribution in [0.1, 0.15) is 17.0 Å². The molecule has 0 aromatic heterocycles. The fourth-order valence-corrected chi connectivity index (χ4v) is 5.09. The van der Waals surface area contributed by atoms with E-state index in [2.05, 4.69) is 0 Å². The van der Waals surface area contributed by atoms with E-state index in [1.54, 1.807) is 30.3 Å². The zero-order valence-electron chi connectivity index (χ0n) is 23.0. The van der Waals surface area contributed by atoms with E-state index in [0.717, 1.165) is 55.5 Å². The third-order valence-corrected chi connectivity index (χ3v) is 7.45. The van der Waals surface area contributed by atoms with Crippen LogP contribution in [0, 0.1) is 11.3 Å². The third kappa shape index (κ3) is 6.07. The Bertz CT molecular complexity index is 1830. The molecule has 3 aromatic rings. The lowest BCUT2D eigenvalue weighted by molar-refractivity contribution is -0.139. The zero-order valence-corrected chi connectivity index (χ0v) is 23.8. The number of sulfonamides is 1. The monoisotopic (exact) mass is 628 g/mol. The highest BCUT2D eigenvalue weighted by atomic mass is 32.2. The number of rotatable bonds is 7. The molecule has 15 heteroatoms. The van der Waals surface area contributed by atoms with Crippen LogP contribution in [0.4, 0.5) is 18.9 Å². The van der Waals surface area contributed by atoms with Gasteiger partial charge in [0.15, 0.2) is 0 Å². The molecule has 1 aliphatic rings. The first kappa shape index (κ1) is 31.6. The average molecular weight is 629 g/mol. The lowest BCUT2D eigenvalue weighted by Crippen LogP contribution is -2.40. The molecule has 11 nitrogen and oxygen atoms in total. The summed E-state index contributed by atoms with van der Waals surface area (Å²) >= 11 is 0. The maximum absolute atomic E-state index is 14.4. The molecule has 0 amide bonds. The molecule has 3 aromatic carbocycles. The summed E-state index contributed by atoms with van der Waals surface area (Å²) in [6.45, 7) is 0. The molecule has 1 heterocycles. The number of ether oxygens (including phenoxy) is 3. The number of allylic oxidation sites excluding steroid dienone is 1. The normalized spacial score (nSPS) is 15.5. The summed E-state index contributed by atoms with van der Waals surface area (Å²) in [5, 5.41) is 15.2. The lowest BCUT2D eigenvalue weighted by atomic mass is 9.81. The number of carbonyl (C=O) groups excluding carboxylic acids is 2. The number of esters is 2.